The van der Waals surface area contributed by atoms with Gasteiger partial charge in [0, 0.05) is 49.7 Å². The molecule has 0 radical (unpaired) electrons. The normalized spacial score (nSPS) is 11.7. The van der Waals surface area contributed by atoms with Gasteiger partial charge in [0.25, 0.3) is 0 Å². The number of para-hydroxylation sites is 4. The van der Waals surface area contributed by atoms with Crippen molar-refractivity contribution in [3.05, 3.63) is 188 Å². The number of hydrogen-bond donors (Lipinski definition) is 0. The summed E-state index contributed by atoms with van der Waals surface area (Å²) in [5.41, 5.74) is 10.5. The summed E-state index contributed by atoms with van der Waals surface area (Å²) in [6.07, 6.45) is 0. The average molecular weight is 626 g/mol. The fourth-order valence-corrected chi connectivity index (χ4v) is 7.74. The summed E-state index contributed by atoms with van der Waals surface area (Å²) in [6.45, 7) is 0. The van der Waals surface area contributed by atoms with E-state index in [9.17, 15) is 0 Å². The quantitative estimate of drug-likeness (QED) is 0.185. The van der Waals surface area contributed by atoms with Crippen LogP contribution in [-0.2, 0) is 0 Å². The Labute approximate surface area is 284 Å². The molecule has 0 amide bonds. The van der Waals surface area contributed by atoms with E-state index in [1.54, 1.807) is 0 Å². The van der Waals surface area contributed by atoms with E-state index in [0.717, 1.165) is 22.7 Å². The van der Waals surface area contributed by atoms with Crippen LogP contribution in [0, 0.1) is 0 Å². The highest BCUT2D eigenvalue weighted by atomic mass is 15.1. The number of hydrogen-bond acceptors (Lipinski definition) is 1. The standard InChI is InChI=1S/C46H31N3/c1-3-17-33(18-4-1)47(42-28-13-16-32-15-7-8-23-37(32)42)35-21-14-22-36(29-35)49-44-27-12-10-25-39(44)41-30-45-40(31-46(41)49)38-24-9-11-26-43(38)48(45)34-19-5-2-6-20-34/h1-31H. The Morgan fingerprint density at radius 1 is 0.306 bits per heavy atom. The molecule has 8 aromatic carbocycles. The van der Waals surface area contributed by atoms with Crippen molar-refractivity contribution in [1.29, 1.82) is 0 Å². The summed E-state index contributed by atoms with van der Waals surface area (Å²) < 4.78 is 4.84. The van der Waals surface area contributed by atoms with Gasteiger partial charge >= 0.3 is 0 Å². The molecule has 0 bridgehead atoms. The lowest BCUT2D eigenvalue weighted by Gasteiger charge is -2.27. The maximum Gasteiger partial charge on any atom is 0.0548 e. The molecule has 0 aliphatic rings. The van der Waals surface area contributed by atoms with Gasteiger partial charge in [-0.15, -0.1) is 0 Å². The van der Waals surface area contributed by atoms with Gasteiger partial charge in [-0.1, -0.05) is 115 Å². The molecular formula is C46H31N3. The van der Waals surface area contributed by atoms with E-state index in [-0.39, 0.29) is 0 Å². The minimum Gasteiger partial charge on any atom is -0.310 e. The van der Waals surface area contributed by atoms with Crippen molar-refractivity contribution in [2.45, 2.75) is 0 Å². The van der Waals surface area contributed by atoms with Crippen molar-refractivity contribution in [2.24, 2.45) is 0 Å². The summed E-state index contributed by atoms with van der Waals surface area (Å²) in [7, 11) is 0. The average Bonchev–Trinajstić information content (AvgIpc) is 3.67. The molecule has 0 N–H and O–H groups in total. The third-order valence-corrected chi connectivity index (χ3v) is 9.85. The summed E-state index contributed by atoms with van der Waals surface area (Å²) in [5.74, 6) is 0. The Bertz CT molecular complexity index is 2820. The Morgan fingerprint density at radius 3 is 1.49 bits per heavy atom. The zero-order chi connectivity index (χ0) is 32.3. The molecule has 0 spiro atoms. The fraction of sp³-hybridized carbons (Fsp3) is 0. The molecule has 0 aliphatic heterocycles. The van der Waals surface area contributed by atoms with E-state index < -0.39 is 0 Å². The van der Waals surface area contributed by atoms with Gasteiger partial charge in [-0.05, 0) is 78.2 Å². The zero-order valence-electron chi connectivity index (χ0n) is 26.7. The van der Waals surface area contributed by atoms with Crippen LogP contribution in [0.15, 0.2) is 188 Å². The molecule has 3 nitrogen and oxygen atoms in total. The van der Waals surface area contributed by atoms with Crippen molar-refractivity contribution in [2.75, 3.05) is 4.90 Å². The van der Waals surface area contributed by atoms with Crippen molar-refractivity contribution in [3.63, 3.8) is 0 Å². The van der Waals surface area contributed by atoms with Crippen molar-refractivity contribution in [1.82, 2.24) is 9.13 Å². The monoisotopic (exact) mass is 625 g/mol. The number of aromatic nitrogens is 2. The first-order chi connectivity index (χ1) is 24.3. The molecule has 0 saturated heterocycles. The highest BCUT2D eigenvalue weighted by molar-refractivity contribution is 6.19. The molecular weight excluding hydrogens is 595 g/mol. The van der Waals surface area contributed by atoms with Crippen LogP contribution in [0.2, 0.25) is 0 Å². The van der Waals surface area contributed by atoms with Gasteiger partial charge in [0.2, 0.25) is 0 Å². The van der Waals surface area contributed by atoms with Gasteiger partial charge in [-0.3, -0.25) is 0 Å². The minimum absolute atomic E-state index is 1.10. The SMILES string of the molecule is c1ccc(N(c2cccc(-n3c4ccccc4c4cc5c(cc43)c3ccccc3n5-c3ccccc3)c2)c2cccc3ccccc23)cc1. The highest BCUT2D eigenvalue weighted by Gasteiger charge is 2.20. The Hall–Kier alpha value is -6.58. The van der Waals surface area contributed by atoms with Gasteiger partial charge in [0.1, 0.15) is 0 Å². The van der Waals surface area contributed by atoms with E-state index in [1.807, 2.05) is 0 Å². The second-order valence-electron chi connectivity index (χ2n) is 12.6. The van der Waals surface area contributed by atoms with Crippen LogP contribution in [0.5, 0.6) is 0 Å². The van der Waals surface area contributed by atoms with Crippen LogP contribution in [0.3, 0.4) is 0 Å². The molecule has 2 aromatic heterocycles. The summed E-state index contributed by atoms with van der Waals surface area (Å²) in [4.78, 5) is 2.38. The Kier molecular flexibility index (Phi) is 6.18. The van der Waals surface area contributed by atoms with E-state index in [1.165, 1.54) is 60.1 Å². The second kappa shape index (κ2) is 11.0. The minimum atomic E-state index is 1.10. The van der Waals surface area contributed by atoms with Gasteiger partial charge in [-0.25, -0.2) is 0 Å². The molecule has 3 heteroatoms. The molecule has 230 valence electrons. The predicted octanol–water partition coefficient (Wildman–Crippen LogP) is 12.5. The second-order valence-corrected chi connectivity index (χ2v) is 12.6. The summed E-state index contributed by atoms with van der Waals surface area (Å²) in [5, 5.41) is 7.41. The van der Waals surface area contributed by atoms with Crippen LogP contribution in [-0.4, -0.2) is 9.13 Å². The number of benzene rings is 8. The Morgan fingerprint density at radius 2 is 0.796 bits per heavy atom. The number of nitrogens with zero attached hydrogens (tertiary/aromatic N) is 3. The predicted molar refractivity (Wildman–Crippen MR) is 207 cm³/mol. The smallest absolute Gasteiger partial charge is 0.0548 e. The molecule has 10 aromatic rings. The van der Waals surface area contributed by atoms with Crippen LogP contribution >= 0.6 is 0 Å². The molecule has 2 heterocycles. The first kappa shape index (κ1) is 27.5. The van der Waals surface area contributed by atoms with Gasteiger partial charge < -0.3 is 14.0 Å². The molecule has 0 saturated carbocycles. The van der Waals surface area contributed by atoms with Gasteiger partial charge in [0.05, 0.1) is 27.8 Å². The topological polar surface area (TPSA) is 13.1 Å². The first-order valence-electron chi connectivity index (χ1n) is 16.8. The van der Waals surface area contributed by atoms with E-state index >= 15 is 0 Å². The summed E-state index contributed by atoms with van der Waals surface area (Å²) >= 11 is 0. The van der Waals surface area contributed by atoms with Gasteiger partial charge in [0.15, 0.2) is 0 Å². The molecule has 0 fully saturated rings. The fourth-order valence-electron chi connectivity index (χ4n) is 7.74. The van der Waals surface area contributed by atoms with Crippen molar-refractivity contribution < 1.29 is 0 Å². The maximum atomic E-state index is 2.44. The number of rotatable bonds is 5. The van der Waals surface area contributed by atoms with Crippen LogP contribution < -0.4 is 4.90 Å². The number of fused-ring (bicyclic) bond motifs is 7. The zero-order valence-corrected chi connectivity index (χ0v) is 26.7. The van der Waals surface area contributed by atoms with E-state index in [4.69, 9.17) is 0 Å². The molecule has 0 aliphatic carbocycles. The molecule has 0 atom stereocenters. The van der Waals surface area contributed by atoms with Crippen molar-refractivity contribution in [3.8, 4) is 11.4 Å². The lowest BCUT2D eigenvalue weighted by atomic mass is 10.1. The molecule has 0 unspecified atom stereocenters. The Balaban J connectivity index is 1.25. The third-order valence-electron chi connectivity index (χ3n) is 9.85. The van der Waals surface area contributed by atoms with Crippen LogP contribution in [0.25, 0.3) is 65.8 Å². The molecule has 49 heavy (non-hydrogen) atoms. The van der Waals surface area contributed by atoms with Crippen LogP contribution in [0.1, 0.15) is 0 Å². The highest BCUT2D eigenvalue weighted by Crippen LogP contribution is 2.42. The van der Waals surface area contributed by atoms with Gasteiger partial charge in [-0.2, -0.15) is 0 Å². The molecule has 10 rings (SSSR count). The third kappa shape index (κ3) is 4.29. The maximum absolute atomic E-state index is 2.44. The first-order valence-corrected chi connectivity index (χ1v) is 16.8. The lowest BCUT2D eigenvalue weighted by molar-refractivity contribution is 1.17. The van der Waals surface area contributed by atoms with E-state index in [2.05, 4.69) is 202 Å². The largest absolute Gasteiger partial charge is 0.310 e. The van der Waals surface area contributed by atoms with Crippen LogP contribution in [0.4, 0.5) is 17.1 Å². The summed E-state index contributed by atoms with van der Waals surface area (Å²) in [6, 6.07) is 67.9. The van der Waals surface area contributed by atoms with Crippen molar-refractivity contribution >= 4 is 71.4 Å². The number of anilines is 3. The lowest BCUT2D eigenvalue weighted by Crippen LogP contribution is -2.11. The van der Waals surface area contributed by atoms with E-state index in [0.29, 0.717) is 0 Å².